The average Bonchev–Trinajstić information content (AvgIpc) is 2.97. The number of hydrogen-bond acceptors (Lipinski definition) is 14. The van der Waals surface area contributed by atoms with Crippen molar-refractivity contribution in [2.75, 3.05) is 165 Å². The molecule has 40 heavy (non-hydrogen) atoms. The van der Waals surface area contributed by atoms with Gasteiger partial charge in [-0.25, -0.2) is 5.48 Å². The van der Waals surface area contributed by atoms with Gasteiger partial charge >= 0.3 is 0 Å². The Morgan fingerprint density at radius 3 is 0.650 bits per heavy atom. The van der Waals surface area contributed by atoms with E-state index in [1.54, 1.807) is 0 Å². The summed E-state index contributed by atoms with van der Waals surface area (Å²) in [4.78, 5) is 0. The highest BCUT2D eigenvalue weighted by atomic mass is 16.6. The zero-order chi connectivity index (χ0) is 28.9. The van der Waals surface area contributed by atoms with E-state index in [4.69, 9.17) is 62.0 Å². The maximum Gasteiger partial charge on any atom is 0.0701 e. The lowest BCUT2D eigenvalue weighted by atomic mass is 10.6. The minimum absolute atomic E-state index is 0.402. The van der Waals surface area contributed by atoms with E-state index in [-0.39, 0.29) is 0 Å². The molecule has 0 spiro atoms. The average molecular weight is 590 g/mol. The molecule has 0 fully saturated rings. The van der Waals surface area contributed by atoms with E-state index in [9.17, 15) is 0 Å². The second kappa shape index (κ2) is 38.4. The van der Waals surface area contributed by atoms with Crippen LogP contribution in [0.3, 0.4) is 0 Å². The van der Waals surface area contributed by atoms with Crippen LogP contribution in [0, 0.1) is 0 Å². The number of ether oxygens (including phenoxy) is 12. The van der Waals surface area contributed by atoms with E-state index >= 15 is 0 Å². The second-order valence-corrected chi connectivity index (χ2v) is 7.84. The van der Waals surface area contributed by atoms with E-state index in [1.807, 2.05) is 12.4 Å². The minimum atomic E-state index is 0.402. The van der Waals surface area contributed by atoms with Crippen molar-refractivity contribution >= 4 is 0 Å². The molecule has 0 amide bonds. The lowest BCUT2D eigenvalue weighted by Crippen LogP contribution is -2.17. The molecule has 0 unspecified atom stereocenters. The molecule has 0 aromatic heterocycles. The van der Waals surface area contributed by atoms with Gasteiger partial charge in [0, 0.05) is 13.2 Å². The van der Waals surface area contributed by atoms with Crippen LogP contribution in [0.4, 0.5) is 0 Å². The molecule has 14 heteroatoms. The van der Waals surface area contributed by atoms with Crippen LogP contribution in [0.5, 0.6) is 0 Å². The molecule has 242 valence electrons. The van der Waals surface area contributed by atoms with Gasteiger partial charge in [-0.3, -0.25) is 0 Å². The molecule has 0 rings (SSSR count). The van der Waals surface area contributed by atoms with Crippen LogP contribution in [0.1, 0.15) is 6.92 Å². The summed E-state index contributed by atoms with van der Waals surface area (Å²) < 4.78 is 64.6. The van der Waals surface area contributed by atoms with Gasteiger partial charge in [-0.05, 0) is 6.92 Å². The smallest absolute Gasteiger partial charge is 0.0701 e. The normalized spacial score (nSPS) is 11.6. The number of hydrogen-bond donors (Lipinski definition) is 2. The largest absolute Gasteiger partial charge is 0.379 e. The highest BCUT2D eigenvalue weighted by molar-refractivity contribution is 4.39. The molecule has 0 heterocycles. The number of rotatable bonds is 37. The quantitative estimate of drug-likeness (QED) is 0.0751. The van der Waals surface area contributed by atoms with E-state index < -0.39 is 0 Å². The fraction of sp³-hybridized carbons (Fsp3) is 1.00. The third-order valence-electron chi connectivity index (χ3n) is 4.65. The monoisotopic (exact) mass is 589 g/mol. The Morgan fingerprint density at radius 2 is 0.475 bits per heavy atom. The molecule has 0 radical (unpaired) electrons. The van der Waals surface area contributed by atoms with Crippen molar-refractivity contribution < 1.29 is 62.0 Å². The Bertz CT molecular complexity index is 403. The summed E-state index contributed by atoms with van der Waals surface area (Å²) in [5.74, 6) is 0. The number of hydroxylamine groups is 1. The van der Waals surface area contributed by atoms with Gasteiger partial charge < -0.3 is 62.0 Å². The fourth-order valence-corrected chi connectivity index (χ4v) is 2.68. The first kappa shape index (κ1) is 39.4. The van der Waals surface area contributed by atoms with Gasteiger partial charge in [0.2, 0.25) is 0 Å². The third-order valence-corrected chi connectivity index (χ3v) is 4.65. The van der Waals surface area contributed by atoms with Crippen molar-refractivity contribution in [1.29, 1.82) is 0 Å². The van der Waals surface area contributed by atoms with E-state index in [2.05, 4.69) is 0 Å². The SMILES string of the molecule is CCOCCOCCOCCOCCOCCOCCOCCOCCOCCOCCOCCOCCNO. The lowest BCUT2D eigenvalue weighted by Gasteiger charge is -2.09. The molecule has 14 nitrogen and oxygen atoms in total. The van der Waals surface area contributed by atoms with Gasteiger partial charge in [0.25, 0.3) is 0 Å². The van der Waals surface area contributed by atoms with Crippen molar-refractivity contribution in [2.24, 2.45) is 0 Å². The molecular weight excluding hydrogens is 534 g/mol. The summed E-state index contributed by atoms with van der Waals surface area (Å²) in [6, 6.07) is 0. The Kier molecular flexibility index (Phi) is 37.9. The first-order valence-corrected chi connectivity index (χ1v) is 14.2. The summed E-state index contributed by atoms with van der Waals surface area (Å²) in [5, 5.41) is 8.38. The molecule has 2 N–H and O–H groups in total. The topological polar surface area (TPSA) is 143 Å². The molecule has 0 atom stereocenters. The van der Waals surface area contributed by atoms with E-state index in [1.165, 1.54) is 0 Å². The number of nitrogens with one attached hydrogen (secondary N) is 1. The zero-order valence-corrected chi connectivity index (χ0v) is 24.5. The van der Waals surface area contributed by atoms with Gasteiger partial charge in [0.15, 0.2) is 0 Å². The van der Waals surface area contributed by atoms with Crippen molar-refractivity contribution in [3.05, 3.63) is 0 Å². The van der Waals surface area contributed by atoms with Crippen LogP contribution in [-0.4, -0.2) is 170 Å². The molecule has 0 saturated carbocycles. The molecular formula is C26H55NO13. The molecule has 0 aliphatic rings. The maximum atomic E-state index is 8.38. The van der Waals surface area contributed by atoms with E-state index in [0.29, 0.717) is 165 Å². The third kappa shape index (κ3) is 37.4. The van der Waals surface area contributed by atoms with Crippen LogP contribution >= 0.6 is 0 Å². The Hall–Kier alpha value is -0.560. The predicted octanol–water partition coefficient (Wildman–Crippen LogP) is 0.184. The van der Waals surface area contributed by atoms with Crippen molar-refractivity contribution in [3.63, 3.8) is 0 Å². The first-order valence-electron chi connectivity index (χ1n) is 14.2. The first-order chi connectivity index (χ1) is 19.9. The standard InChI is InChI=1S/C26H55NO13/c1-2-29-5-6-31-9-10-33-13-14-35-17-18-37-21-22-39-25-26-40-24-23-38-20-19-36-16-15-34-12-11-32-8-7-30-4-3-27-28/h27-28H,2-26H2,1H3. The fourth-order valence-electron chi connectivity index (χ4n) is 2.68. The maximum absolute atomic E-state index is 8.38. The molecule has 0 bridgehead atoms. The van der Waals surface area contributed by atoms with Gasteiger partial charge in [0.05, 0.1) is 152 Å². The van der Waals surface area contributed by atoms with Crippen LogP contribution in [0.2, 0.25) is 0 Å². The molecule has 0 aromatic rings. The molecule has 0 aliphatic heterocycles. The van der Waals surface area contributed by atoms with Crippen LogP contribution < -0.4 is 5.48 Å². The van der Waals surface area contributed by atoms with E-state index in [0.717, 1.165) is 0 Å². The highest BCUT2D eigenvalue weighted by Crippen LogP contribution is 1.87. The van der Waals surface area contributed by atoms with Gasteiger partial charge in [-0.15, -0.1) is 0 Å². The zero-order valence-electron chi connectivity index (χ0n) is 24.5. The molecule has 0 aromatic carbocycles. The van der Waals surface area contributed by atoms with Crippen LogP contribution in [0.15, 0.2) is 0 Å². The molecule has 0 aliphatic carbocycles. The van der Waals surface area contributed by atoms with Crippen LogP contribution in [-0.2, 0) is 56.8 Å². The van der Waals surface area contributed by atoms with Crippen molar-refractivity contribution in [1.82, 2.24) is 5.48 Å². The summed E-state index contributed by atoms with van der Waals surface area (Å²) in [6.07, 6.45) is 0. The summed E-state index contributed by atoms with van der Waals surface area (Å²) in [5.41, 5.74) is 2.02. The van der Waals surface area contributed by atoms with Crippen molar-refractivity contribution in [2.45, 2.75) is 6.92 Å². The van der Waals surface area contributed by atoms with Gasteiger partial charge in [-0.1, -0.05) is 0 Å². The van der Waals surface area contributed by atoms with Gasteiger partial charge in [-0.2, -0.15) is 0 Å². The highest BCUT2D eigenvalue weighted by Gasteiger charge is 1.96. The second-order valence-electron chi connectivity index (χ2n) is 7.84. The summed E-state index contributed by atoms with van der Waals surface area (Å²) in [7, 11) is 0. The lowest BCUT2D eigenvalue weighted by molar-refractivity contribution is -0.0283. The summed E-state index contributed by atoms with van der Waals surface area (Å²) in [6.45, 7) is 15.0. The van der Waals surface area contributed by atoms with Crippen molar-refractivity contribution in [3.8, 4) is 0 Å². The predicted molar refractivity (Wildman–Crippen MR) is 145 cm³/mol. The Morgan fingerprint density at radius 1 is 0.300 bits per heavy atom. The Labute approximate surface area is 240 Å². The minimum Gasteiger partial charge on any atom is -0.379 e. The summed E-state index contributed by atoms with van der Waals surface area (Å²) >= 11 is 0. The van der Waals surface area contributed by atoms with Gasteiger partial charge in [0.1, 0.15) is 0 Å². The Balaban J connectivity index is 3.01. The molecule has 0 saturated heterocycles. The van der Waals surface area contributed by atoms with Crippen LogP contribution in [0.25, 0.3) is 0 Å².